The van der Waals surface area contributed by atoms with Gasteiger partial charge in [0.1, 0.15) is 11.3 Å². The smallest absolute Gasteiger partial charge is 0.230 e. The van der Waals surface area contributed by atoms with Crippen LogP contribution in [0.15, 0.2) is 59.0 Å². The fourth-order valence-corrected chi connectivity index (χ4v) is 2.67. The molecular formula is C20H20N2O3. The summed E-state index contributed by atoms with van der Waals surface area (Å²) in [5, 5.41) is 0.810. The minimum absolute atomic E-state index is 0.00723. The Labute approximate surface area is 146 Å². The molecular weight excluding hydrogens is 316 g/mol. The van der Waals surface area contributed by atoms with Crippen LogP contribution in [0.25, 0.3) is 11.0 Å². The van der Waals surface area contributed by atoms with Gasteiger partial charge in [-0.1, -0.05) is 0 Å². The molecule has 25 heavy (non-hydrogen) atoms. The number of fused-ring (bicyclic) bond motifs is 1. The number of aryl methyl sites for hydroxylation is 1. The lowest BCUT2D eigenvalue weighted by Gasteiger charge is -2.11. The monoisotopic (exact) mass is 336 g/mol. The van der Waals surface area contributed by atoms with E-state index in [-0.39, 0.29) is 5.78 Å². The number of furan rings is 1. The van der Waals surface area contributed by atoms with Gasteiger partial charge in [-0.15, -0.1) is 0 Å². The molecule has 2 aromatic heterocycles. The predicted molar refractivity (Wildman–Crippen MR) is 97.0 cm³/mol. The molecule has 2 heterocycles. The zero-order valence-electron chi connectivity index (χ0n) is 14.7. The van der Waals surface area contributed by atoms with E-state index in [1.807, 2.05) is 51.2 Å². The van der Waals surface area contributed by atoms with E-state index in [9.17, 15) is 4.79 Å². The molecule has 128 valence electrons. The second kappa shape index (κ2) is 6.81. The van der Waals surface area contributed by atoms with E-state index in [1.54, 1.807) is 30.7 Å². The number of pyridine rings is 1. The van der Waals surface area contributed by atoms with Crippen molar-refractivity contribution in [1.82, 2.24) is 9.88 Å². The summed E-state index contributed by atoms with van der Waals surface area (Å²) in [6.45, 7) is 3.71. The van der Waals surface area contributed by atoms with Gasteiger partial charge in [0.15, 0.2) is 5.78 Å². The number of allylic oxidation sites excluding steroid dienone is 1. The lowest BCUT2D eigenvalue weighted by molar-refractivity contribution is 0.103. The normalized spacial score (nSPS) is 11.6. The molecule has 0 unspecified atom stereocenters. The van der Waals surface area contributed by atoms with Gasteiger partial charge in [-0.3, -0.25) is 4.79 Å². The number of hydrogen-bond donors (Lipinski definition) is 0. The van der Waals surface area contributed by atoms with Gasteiger partial charge >= 0.3 is 0 Å². The van der Waals surface area contributed by atoms with Gasteiger partial charge in [-0.05, 0) is 49.7 Å². The minimum atomic E-state index is 0.00723. The predicted octanol–water partition coefficient (Wildman–Crippen LogP) is 4.58. The fourth-order valence-electron chi connectivity index (χ4n) is 2.67. The second-order valence-corrected chi connectivity index (χ2v) is 6.13. The lowest BCUT2D eigenvalue weighted by Crippen LogP contribution is -2.09. The number of hydrogen-bond acceptors (Lipinski definition) is 5. The fraction of sp³-hybridized carbons (Fsp3) is 0.200. The summed E-state index contributed by atoms with van der Waals surface area (Å²) in [4.78, 5) is 18.7. The number of ether oxygens (including phenoxy) is 1. The average molecular weight is 336 g/mol. The molecule has 1 aromatic carbocycles. The minimum Gasteiger partial charge on any atom is -0.464 e. The van der Waals surface area contributed by atoms with Crippen molar-refractivity contribution in [2.75, 3.05) is 14.1 Å². The average Bonchev–Trinajstić information content (AvgIpc) is 3.03. The van der Waals surface area contributed by atoms with E-state index < -0.39 is 0 Å². The SMILES string of the molecule is CC(=CN(C)C)C(=O)c1ccc(Oc2nccc3occc23)cc1C. The van der Waals surface area contributed by atoms with Crippen LogP contribution < -0.4 is 4.74 Å². The first kappa shape index (κ1) is 16.8. The standard InChI is InChI=1S/C20H20N2O3/c1-13-11-15(5-6-16(13)19(23)14(2)12-22(3)4)25-20-17-8-10-24-18(17)7-9-21-20/h5-12H,1-4H3. The Kier molecular flexibility index (Phi) is 4.57. The Morgan fingerprint density at radius 1 is 1.24 bits per heavy atom. The first-order valence-electron chi connectivity index (χ1n) is 7.96. The molecule has 0 aliphatic heterocycles. The topological polar surface area (TPSA) is 55.6 Å². The van der Waals surface area contributed by atoms with Crippen LogP contribution >= 0.6 is 0 Å². The molecule has 0 aliphatic rings. The Morgan fingerprint density at radius 3 is 2.76 bits per heavy atom. The number of ketones is 1. The molecule has 0 saturated heterocycles. The van der Waals surface area contributed by atoms with Crippen LogP contribution in [0.3, 0.4) is 0 Å². The lowest BCUT2D eigenvalue weighted by atomic mass is 10.00. The van der Waals surface area contributed by atoms with E-state index in [1.165, 1.54) is 0 Å². The Hall–Kier alpha value is -3.08. The molecule has 0 atom stereocenters. The Balaban J connectivity index is 1.87. The van der Waals surface area contributed by atoms with Crippen LogP contribution in [-0.4, -0.2) is 29.8 Å². The van der Waals surface area contributed by atoms with Crippen molar-refractivity contribution in [3.63, 3.8) is 0 Å². The van der Waals surface area contributed by atoms with E-state index >= 15 is 0 Å². The summed E-state index contributed by atoms with van der Waals surface area (Å²) in [6.07, 6.45) is 5.06. The highest BCUT2D eigenvalue weighted by Gasteiger charge is 2.13. The molecule has 0 radical (unpaired) electrons. The van der Waals surface area contributed by atoms with Crippen molar-refractivity contribution in [3.05, 3.63) is 65.7 Å². The Bertz CT molecular complexity index is 954. The maximum atomic E-state index is 12.6. The number of carbonyl (C=O) groups is 1. The third-order valence-corrected chi connectivity index (χ3v) is 3.81. The number of benzene rings is 1. The Morgan fingerprint density at radius 2 is 2.04 bits per heavy atom. The van der Waals surface area contributed by atoms with Crippen molar-refractivity contribution < 1.29 is 13.9 Å². The highest BCUT2D eigenvalue weighted by Crippen LogP contribution is 2.29. The number of Topliss-reactive ketones (excluding diaryl/α,β-unsaturated/α-hetero) is 1. The number of aromatic nitrogens is 1. The summed E-state index contributed by atoms with van der Waals surface area (Å²) in [6, 6.07) is 9.02. The molecule has 0 bridgehead atoms. The second-order valence-electron chi connectivity index (χ2n) is 6.13. The van der Waals surface area contributed by atoms with Crippen LogP contribution in [0.2, 0.25) is 0 Å². The molecule has 3 rings (SSSR count). The molecule has 0 N–H and O–H groups in total. The van der Waals surface area contributed by atoms with E-state index in [2.05, 4.69) is 4.98 Å². The maximum absolute atomic E-state index is 12.6. The van der Waals surface area contributed by atoms with Gasteiger partial charge in [-0.25, -0.2) is 4.98 Å². The third kappa shape index (κ3) is 3.55. The molecule has 5 nitrogen and oxygen atoms in total. The van der Waals surface area contributed by atoms with Crippen molar-refractivity contribution in [1.29, 1.82) is 0 Å². The molecule has 0 saturated carbocycles. The van der Waals surface area contributed by atoms with Crippen LogP contribution in [0.4, 0.5) is 0 Å². The van der Waals surface area contributed by atoms with Crippen LogP contribution in [0.5, 0.6) is 11.6 Å². The first-order chi connectivity index (χ1) is 12.0. The van der Waals surface area contributed by atoms with Gasteiger partial charge in [0, 0.05) is 37.6 Å². The zero-order chi connectivity index (χ0) is 18.0. The van der Waals surface area contributed by atoms with Crippen molar-refractivity contribution in [2.24, 2.45) is 0 Å². The summed E-state index contributed by atoms with van der Waals surface area (Å²) < 4.78 is 11.2. The third-order valence-electron chi connectivity index (χ3n) is 3.81. The highest BCUT2D eigenvalue weighted by atomic mass is 16.5. The highest BCUT2D eigenvalue weighted by molar-refractivity contribution is 6.09. The number of nitrogens with zero attached hydrogens (tertiary/aromatic N) is 2. The van der Waals surface area contributed by atoms with E-state index in [0.717, 1.165) is 16.5 Å². The van der Waals surface area contributed by atoms with Gasteiger partial charge in [-0.2, -0.15) is 0 Å². The first-order valence-corrected chi connectivity index (χ1v) is 7.96. The molecule has 5 heteroatoms. The summed E-state index contributed by atoms with van der Waals surface area (Å²) in [5.74, 6) is 1.12. The van der Waals surface area contributed by atoms with Crippen molar-refractivity contribution in [3.8, 4) is 11.6 Å². The largest absolute Gasteiger partial charge is 0.464 e. The van der Waals surface area contributed by atoms with Gasteiger partial charge in [0.25, 0.3) is 0 Å². The zero-order valence-corrected chi connectivity index (χ0v) is 14.7. The summed E-state index contributed by atoms with van der Waals surface area (Å²) in [7, 11) is 3.79. The van der Waals surface area contributed by atoms with Gasteiger partial charge in [0.2, 0.25) is 5.88 Å². The van der Waals surface area contributed by atoms with Crippen molar-refractivity contribution >= 4 is 16.8 Å². The molecule has 0 amide bonds. The van der Waals surface area contributed by atoms with Crippen molar-refractivity contribution in [2.45, 2.75) is 13.8 Å². The van der Waals surface area contributed by atoms with Gasteiger partial charge < -0.3 is 14.1 Å². The number of rotatable bonds is 5. The summed E-state index contributed by atoms with van der Waals surface area (Å²) in [5.41, 5.74) is 2.93. The molecule has 3 aromatic rings. The van der Waals surface area contributed by atoms with E-state index in [4.69, 9.17) is 9.15 Å². The molecule has 0 aliphatic carbocycles. The van der Waals surface area contributed by atoms with Crippen LogP contribution in [0, 0.1) is 6.92 Å². The van der Waals surface area contributed by atoms with E-state index in [0.29, 0.717) is 22.8 Å². The molecule has 0 spiro atoms. The van der Waals surface area contributed by atoms with Crippen LogP contribution in [0.1, 0.15) is 22.8 Å². The number of carbonyl (C=O) groups excluding carboxylic acids is 1. The molecule has 0 fully saturated rings. The summed E-state index contributed by atoms with van der Waals surface area (Å²) >= 11 is 0. The van der Waals surface area contributed by atoms with Gasteiger partial charge in [0.05, 0.1) is 11.6 Å². The quantitative estimate of drug-likeness (QED) is 0.504. The maximum Gasteiger partial charge on any atom is 0.230 e. The van der Waals surface area contributed by atoms with Crippen LogP contribution in [-0.2, 0) is 0 Å².